The predicted molar refractivity (Wildman–Crippen MR) is 147 cm³/mol. The summed E-state index contributed by atoms with van der Waals surface area (Å²) in [5, 5.41) is 9.67. The van der Waals surface area contributed by atoms with Crippen molar-refractivity contribution in [3.63, 3.8) is 0 Å². The van der Waals surface area contributed by atoms with Crippen molar-refractivity contribution in [2.24, 2.45) is 5.92 Å². The molecule has 2 fully saturated rings. The fourth-order valence-corrected chi connectivity index (χ4v) is 5.55. The molecule has 0 aliphatic carbocycles. The molecule has 4 rings (SSSR count). The fourth-order valence-electron chi connectivity index (χ4n) is 5.55. The third-order valence-electron chi connectivity index (χ3n) is 7.50. The van der Waals surface area contributed by atoms with Gasteiger partial charge in [-0.25, -0.2) is 4.79 Å². The van der Waals surface area contributed by atoms with Crippen molar-refractivity contribution in [1.82, 2.24) is 14.8 Å². The van der Waals surface area contributed by atoms with Crippen LogP contribution in [0.4, 0.5) is 4.79 Å². The van der Waals surface area contributed by atoms with Crippen molar-refractivity contribution in [1.29, 1.82) is 0 Å². The summed E-state index contributed by atoms with van der Waals surface area (Å²) in [6.45, 7) is 5.19. The maximum Gasteiger partial charge on any atom is 0.410 e. The van der Waals surface area contributed by atoms with E-state index in [0.29, 0.717) is 43.3 Å². The molecule has 0 bridgehead atoms. The Morgan fingerprint density at radius 3 is 2.70 bits per heavy atom. The summed E-state index contributed by atoms with van der Waals surface area (Å²) in [6.07, 6.45) is 4.49. The molecule has 2 aromatic rings. The highest BCUT2D eigenvalue weighted by Crippen LogP contribution is 2.41. The molecule has 2 saturated heterocycles. The molecule has 1 aromatic heterocycles. The van der Waals surface area contributed by atoms with Crippen molar-refractivity contribution in [2.45, 2.75) is 70.3 Å². The number of likely N-dealkylation sites (tertiary alicyclic amines) is 2. The number of hydrogen-bond donors (Lipinski definition) is 1. The number of rotatable bonds is 12. The molecule has 0 spiro atoms. The van der Waals surface area contributed by atoms with Crippen LogP contribution in [-0.4, -0.2) is 83.4 Å². The zero-order chi connectivity index (χ0) is 28.5. The molecule has 2 aliphatic heterocycles. The van der Waals surface area contributed by atoms with Crippen molar-refractivity contribution < 1.29 is 33.6 Å². The number of amides is 2. The SMILES string of the molecule is COCN1C(=O)[C@](Cc2cc(OC3CCCN(C(=O)OCc4ccccc4)CC3)ccn2)(OCO)[C@@H]1CC(C)C. The third kappa shape index (κ3) is 7.10. The molecule has 3 heterocycles. The standard InChI is InChI=1S/C30H41N3O7/c1-22(2)16-27-30(39-21-34,28(35)33(27)20-37-3)18-24-17-26(11-13-31-24)40-25-10-7-14-32(15-12-25)29(36)38-19-23-8-5-4-6-9-23/h4-6,8-9,11,13,17,22,25,27,34H,7,10,12,14-16,18-21H2,1-3H3/t25?,27-,30+/m0/s1. The van der Waals surface area contributed by atoms with Crippen molar-refractivity contribution in [3.8, 4) is 5.75 Å². The Hall–Kier alpha value is -3.21. The van der Waals surface area contributed by atoms with Gasteiger partial charge in [-0.15, -0.1) is 0 Å². The van der Waals surface area contributed by atoms with Gasteiger partial charge >= 0.3 is 6.09 Å². The molecular weight excluding hydrogens is 514 g/mol. The van der Waals surface area contributed by atoms with Crippen molar-refractivity contribution in [2.75, 3.05) is 33.7 Å². The van der Waals surface area contributed by atoms with Gasteiger partial charge in [-0.05, 0) is 36.8 Å². The number of β-lactam (4-membered cyclic amide) rings is 1. The van der Waals surface area contributed by atoms with E-state index in [9.17, 15) is 14.7 Å². The van der Waals surface area contributed by atoms with Gasteiger partial charge in [0.05, 0.1) is 6.04 Å². The summed E-state index contributed by atoms with van der Waals surface area (Å²) < 4.78 is 22.8. The summed E-state index contributed by atoms with van der Waals surface area (Å²) in [5.74, 6) is 0.743. The van der Waals surface area contributed by atoms with Gasteiger partial charge in [0.15, 0.2) is 5.60 Å². The summed E-state index contributed by atoms with van der Waals surface area (Å²) in [6, 6.07) is 13.0. The van der Waals surface area contributed by atoms with Crippen LogP contribution in [0.5, 0.6) is 5.75 Å². The number of aromatic nitrogens is 1. The number of hydrogen-bond acceptors (Lipinski definition) is 8. The maximum atomic E-state index is 13.2. The number of aliphatic hydroxyl groups excluding tert-OH is 1. The Morgan fingerprint density at radius 2 is 1.98 bits per heavy atom. The molecule has 10 heteroatoms. The van der Waals surface area contributed by atoms with E-state index in [4.69, 9.17) is 18.9 Å². The first-order valence-electron chi connectivity index (χ1n) is 14.0. The van der Waals surface area contributed by atoms with Crippen LogP contribution in [-0.2, 0) is 32.0 Å². The molecule has 0 radical (unpaired) electrons. The maximum absolute atomic E-state index is 13.2. The number of carbonyl (C=O) groups is 2. The molecular formula is C30H41N3O7. The van der Waals surface area contributed by atoms with E-state index in [1.807, 2.05) is 36.4 Å². The van der Waals surface area contributed by atoms with Gasteiger partial charge in [-0.2, -0.15) is 0 Å². The average molecular weight is 556 g/mol. The number of aliphatic hydroxyl groups is 1. The van der Waals surface area contributed by atoms with Gasteiger partial charge in [0.25, 0.3) is 5.91 Å². The van der Waals surface area contributed by atoms with Crippen LogP contribution in [0.3, 0.4) is 0 Å². The highest BCUT2D eigenvalue weighted by Gasteiger charge is 2.61. The molecule has 0 saturated carbocycles. The van der Waals surface area contributed by atoms with Gasteiger partial charge in [0, 0.05) is 51.0 Å². The number of methoxy groups -OCH3 is 1. The molecule has 218 valence electrons. The van der Waals surface area contributed by atoms with E-state index in [-0.39, 0.29) is 43.9 Å². The van der Waals surface area contributed by atoms with Crippen LogP contribution < -0.4 is 4.74 Å². The monoisotopic (exact) mass is 555 g/mol. The predicted octanol–water partition coefficient (Wildman–Crippen LogP) is 3.76. The molecule has 2 amide bonds. The molecule has 3 atom stereocenters. The first kappa shape index (κ1) is 29.8. The Balaban J connectivity index is 1.36. The first-order valence-corrected chi connectivity index (χ1v) is 14.0. The lowest BCUT2D eigenvalue weighted by atomic mass is 9.75. The molecule has 1 aromatic carbocycles. The lowest BCUT2D eigenvalue weighted by Gasteiger charge is -2.55. The average Bonchev–Trinajstić information content (AvgIpc) is 3.19. The molecule has 40 heavy (non-hydrogen) atoms. The summed E-state index contributed by atoms with van der Waals surface area (Å²) in [5.41, 5.74) is 0.397. The molecule has 2 aliphatic rings. The van der Waals surface area contributed by atoms with Gasteiger partial charge in [-0.3, -0.25) is 9.78 Å². The van der Waals surface area contributed by atoms with Crippen molar-refractivity contribution in [3.05, 3.63) is 59.9 Å². The zero-order valence-electron chi connectivity index (χ0n) is 23.7. The normalized spacial score (nSPS) is 23.1. The number of pyridine rings is 1. The molecule has 10 nitrogen and oxygen atoms in total. The Morgan fingerprint density at radius 1 is 1.18 bits per heavy atom. The van der Waals surface area contributed by atoms with Crippen LogP contribution >= 0.6 is 0 Å². The van der Waals surface area contributed by atoms with E-state index in [0.717, 1.165) is 18.4 Å². The highest BCUT2D eigenvalue weighted by atomic mass is 16.6. The largest absolute Gasteiger partial charge is 0.490 e. The van der Waals surface area contributed by atoms with Crippen molar-refractivity contribution >= 4 is 12.0 Å². The third-order valence-corrected chi connectivity index (χ3v) is 7.50. The smallest absolute Gasteiger partial charge is 0.410 e. The number of benzene rings is 1. The van der Waals surface area contributed by atoms with Gasteiger partial charge < -0.3 is 33.9 Å². The van der Waals surface area contributed by atoms with E-state index in [2.05, 4.69) is 18.8 Å². The Bertz CT molecular complexity index is 1120. The van der Waals surface area contributed by atoms with Crippen LogP contribution in [0.15, 0.2) is 48.7 Å². The second-order valence-corrected chi connectivity index (χ2v) is 10.9. The number of carbonyl (C=O) groups excluding carboxylic acids is 2. The summed E-state index contributed by atoms with van der Waals surface area (Å²) in [7, 11) is 1.55. The topological polar surface area (TPSA) is 111 Å². The Labute approximate surface area is 236 Å². The quantitative estimate of drug-likeness (QED) is 0.311. The zero-order valence-corrected chi connectivity index (χ0v) is 23.7. The fraction of sp³-hybridized carbons (Fsp3) is 0.567. The highest BCUT2D eigenvalue weighted by molar-refractivity contribution is 5.93. The lowest BCUT2D eigenvalue weighted by Crippen LogP contribution is -2.76. The van der Waals surface area contributed by atoms with E-state index in [1.54, 1.807) is 29.2 Å². The van der Waals surface area contributed by atoms with E-state index >= 15 is 0 Å². The number of ether oxygens (including phenoxy) is 4. The van der Waals surface area contributed by atoms with Crippen LogP contribution in [0.1, 0.15) is 50.8 Å². The van der Waals surface area contributed by atoms with Crippen LogP contribution in [0, 0.1) is 5.92 Å². The second-order valence-electron chi connectivity index (χ2n) is 10.9. The molecule has 1 N–H and O–H groups in total. The lowest BCUT2D eigenvalue weighted by molar-refractivity contribution is -0.232. The van der Waals surface area contributed by atoms with E-state index < -0.39 is 12.4 Å². The van der Waals surface area contributed by atoms with Gasteiger partial charge in [0.2, 0.25) is 0 Å². The summed E-state index contributed by atoms with van der Waals surface area (Å²) >= 11 is 0. The second kappa shape index (κ2) is 13.9. The minimum absolute atomic E-state index is 0.0685. The summed E-state index contributed by atoms with van der Waals surface area (Å²) in [4.78, 5) is 33.7. The minimum Gasteiger partial charge on any atom is -0.490 e. The van der Waals surface area contributed by atoms with Gasteiger partial charge in [-0.1, -0.05) is 44.2 Å². The number of nitrogens with zero attached hydrogens (tertiary/aromatic N) is 3. The van der Waals surface area contributed by atoms with E-state index in [1.165, 1.54) is 0 Å². The molecule has 1 unspecified atom stereocenters. The first-order chi connectivity index (χ1) is 19.4. The Kier molecular flexibility index (Phi) is 10.4. The van der Waals surface area contributed by atoms with Crippen LogP contribution in [0.25, 0.3) is 0 Å². The van der Waals surface area contributed by atoms with Gasteiger partial charge in [0.1, 0.15) is 32.0 Å². The minimum atomic E-state index is -1.20. The van der Waals surface area contributed by atoms with Crippen LogP contribution in [0.2, 0.25) is 0 Å².